The van der Waals surface area contributed by atoms with Crippen LogP contribution in [0.15, 0.2) is 27.4 Å². The molecule has 33 heavy (non-hydrogen) atoms. The van der Waals surface area contributed by atoms with E-state index in [4.69, 9.17) is 37.6 Å². The average molecular weight is 460 g/mol. The third-order valence-corrected chi connectivity index (χ3v) is 4.82. The van der Waals surface area contributed by atoms with Crippen LogP contribution >= 0.6 is 0 Å². The molecule has 0 aliphatic rings. The molecule has 176 valence electrons. The van der Waals surface area contributed by atoms with Gasteiger partial charge in [-0.25, -0.2) is 0 Å². The van der Waals surface area contributed by atoms with Crippen LogP contribution in [-0.4, -0.2) is 48.6 Å². The molecule has 1 heterocycles. The molecular weight excluding hydrogens is 436 g/mol. The molecule has 0 aliphatic carbocycles. The van der Waals surface area contributed by atoms with Gasteiger partial charge in [0.05, 0.1) is 42.7 Å². The first-order valence-corrected chi connectivity index (χ1v) is 9.63. The van der Waals surface area contributed by atoms with Crippen molar-refractivity contribution in [2.24, 2.45) is 0 Å². The lowest BCUT2D eigenvalue weighted by atomic mass is 10.1. The highest BCUT2D eigenvalue weighted by Crippen LogP contribution is 2.46. The number of hydrogen-bond donors (Lipinski definition) is 0. The van der Waals surface area contributed by atoms with E-state index in [9.17, 15) is 9.59 Å². The molecule has 0 unspecified atom stereocenters. The van der Waals surface area contributed by atoms with Gasteiger partial charge in [0, 0.05) is 18.6 Å². The van der Waals surface area contributed by atoms with E-state index < -0.39 is 11.4 Å². The van der Waals surface area contributed by atoms with Crippen LogP contribution in [0.5, 0.6) is 40.2 Å². The summed E-state index contributed by atoms with van der Waals surface area (Å²) in [5.74, 6) is 0.509. The van der Waals surface area contributed by atoms with Gasteiger partial charge >= 0.3 is 5.97 Å². The minimum atomic E-state index is -0.657. The first-order valence-electron chi connectivity index (χ1n) is 9.63. The lowest BCUT2D eigenvalue weighted by Crippen LogP contribution is -2.12. The fraction of sp³-hybridized carbons (Fsp3) is 0.304. The van der Waals surface area contributed by atoms with Crippen molar-refractivity contribution in [3.05, 3.63) is 28.4 Å². The Balaban J connectivity index is 2.45. The van der Waals surface area contributed by atoms with Crippen LogP contribution in [0.3, 0.4) is 0 Å². The van der Waals surface area contributed by atoms with E-state index in [0.717, 1.165) is 0 Å². The van der Waals surface area contributed by atoms with Crippen LogP contribution in [0.1, 0.15) is 6.92 Å². The molecular formula is C23H24O10. The summed E-state index contributed by atoms with van der Waals surface area (Å²) in [5.41, 5.74) is -0.0812. The van der Waals surface area contributed by atoms with E-state index in [-0.39, 0.29) is 39.7 Å². The predicted molar refractivity (Wildman–Crippen MR) is 119 cm³/mol. The fourth-order valence-corrected chi connectivity index (χ4v) is 3.44. The molecule has 0 spiro atoms. The maximum absolute atomic E-state index is 13.5. The Bertz CT molecular complexity index is 1230. The first kappa shape index (κ1) is 23.6. The molecule has 0 atom stereocenters. The van der Waals surface area contributed by atoms with Gasteiger partial charge in [-0.15, -0.1) is 0 Å². The summed E-state index contributed by atoms with van der Waals surface area (Å²) >= 11 is 0. The van der Waals surface area contributed by atoms with Crippen molar-refractivity contribution in [2.75, 3.05) is 42.7 Å². The highest BCUT2D eigenvalue weighted by atomic mass is 16.6. The van der Waals surface area contributed by atoms with Crippen molar-refractivity contribution >= 4 is 16.9 Å². The van der Waals surface area contributed by atoms with Crippen LogP contribution in [0, 0.1) is 0 Å². The largest absolute Gasteiger partial charge is 0.493 e. The summed E-state index contributed by atoms with van der Waals surface area (Å²) < 4.78 is 43.6. The zero-order chi connectivity index (χ0) is 24.3. The lowest BCUT2D eigenvalue weighted by molar-refractivity contribution is -0.131. The summed E-state index contributed by atoms with van der Waals surface area (Å²) in [6.45, 7) is 1.20. The van der Waals surface area contributed by atoms with Crippen LogP contribution < -0.4 is 38.6 Å². The second kappa shape index (κ2) is 9.60. The minimum absolute atomic E-state index is 0.0455. The summed E-state index contributed by atoms with van der Waals surface area (Å²) in [6, 6.07) is 4.69. The Morgan fingerprint density at radius 2 is 1.21 bits per heavy atom. The van der Waals surface area contributed by atoms with E-state index in [0.29, 0.717) is 22.8 Å². The molecule has 0 saturated heterocycles. The molecule has 0 N–H and O–H groups in total. The van der Waals surface area contributed by atoms with Gasteiger partial charge < -0.3 is 37.6 Å². The zero-order valence-corrected chi connectivity index (χ0v) is 19.3. The molecule has 10 nitrogen and oxygen atoms in total. The van der Waals surface area contributed by atoms with E-state index in [1.807, 2.05) is 0 Å². The van der Waals surface area contributed by atoms with Crippen molar-refractivity contribution in [2.45, 2.75) is 6.92 Å². The number of hydrogen-bond acceptors (Lipinski definition) is 10. The number of ether oxygens (including phenoxy) is 7. The second-order valence-electron chi connectivity index (χ2n) is 6.62. The second-order valence-corrected chi connectivity index (χ2v) is 6.62. The molecule has 0 bridgehead atoms. The molecule has 0 aliphatic heterocycles. The van der Waals surface area contributed by atoms with Gasteiger partial charge in [-0.05, 0) is 12.1 Å². The Morgan fingerprint density at radius 1 is 0.697 bits per heavy atom. The standard InChI is InChI=1S/C23H24O10/c1-11(24)32-22-17-13(10-16(28-4)21(22)30-6)33-19(23(31-7)18(17)25)12-8-14(26-2)20(29-5)15(9-12)27-3/h8-10H,1-7H3. The van der Waals surface area contributed by atoms with Gasteiger partial charge in [-0.1, -0.05) is 0 Å². The molecule has 10 heteroatoms. The van der Waals surface area contributed by atoms with Gasteiger partial charge in [0.2, 0.25) is 22.7 Å². The Hall–Kier alpha value is -4.08. The maximum atomic E-state index is 13.5. The van der Waals surface area contributed by atoms with Gasteiger partial charge in [0.1, 0.15) is 11.0 Å². The smallest absolute Gasteiger partial charge is 0.308 e. The van der Waals surface area contributed by atoms with Gasteiger partial charge in [-0.2, -0.15) is 0 Å². The monoisotopic (exact) mass is 460 g/mol. The van der Waals surface area contributed by atoms with Crippen LogP contribution in [0.2, 0.25) is 0 Å². The molecule has 3 rings (SSSR count). The number of methoxy groups -OCH3 is 6. The third-order valence-electron chi connectivity index (χ3n) is 4.82. The molecule has 0 fully saturated rings. The number of fused-ring (bicyclic) bond motifs is 1. The van der Waals surface area contributed by atoms with Crippen molar-refractivity contribution in [1.82, 2.24) is 0 Å². The quantitative estimate of drug-likeness (QED) is 0.366. The number of carbonyl (C=O) groups excluding carboxylic acids is 1. The SMILES string of the molecule is COc1cc(-c2oc3cc(OC)c(OC)c(OC(C)=O)c3c(=O)c2OC)cc(OC)c1OC. The summed E-state index contributed by atoms with van der Waals surface area (Å²) in [7, 11) is 8.51. The predicted octanol–water partition coefficient (Wildman–Crippen LogP) is 3.44. The molecule has 3 aromatic rings. The highest BCUT2D eigenvalue weighted by Gasteiger charge is 2.27. The number of carbonyl (C=O) groups is 1. The van der Waals surface area contributed by atoms with Crippen molar-refractivity contribution in [3.63, 3.8) is 0 Å². The van der Waals surface area contributed by atoms with E-state index >= 15 is 0 Å². The van der Waals surface area contributed by atoms with Crippen LogP contribution in [0.4, 0.5) is 0 Å². The highest BCUT2D eigenvalue weighted by molar-refractivity contribution is 5.93. The van der Waals surface area contributed by atoms with Crippen LogP contribution in [-0.2, 0) is 4.79 Å². The molecule has 2 aromatic carbocycles. The van der Waals surface area contributed by atoms with Crippen molar-refractivity contribution < 1.29 is 42.4 Å². The fourth-order valence-electron chi connectivity index (χ4n) is 3.44. The van der Waals surface area contributed by atoms with E-state index in [2.05, 4.69) is 0 Å². The number of rotatable bonds is 8. The van der Waals surface area contributed by atoms with E-state index in [1.165, 1.54) is 55.6 Å². The van der Waals surface area contributed by atoms with Crippen molar-refractivity contribution in [3.8, 4) is 51.6 Å². The van der Waals surface area contributed by atoms with Crippen LogP contribution in [0.25, 0.3) is 22.3 Å². The summed E-state index contributed by atoms with van der Waals surface area (Å²) in [6.07, 6.45) is 0. The Labute approximate surface area is 189 Å². The maximum Gasteiger partial charge on any atom is 0.308 e. The molecule has 0 saturated carbocycles. The lowest BCUT2D eigenvalue weighted by Gasteiger charge is -2.17. The number of benzene rings is 2. The van der Waals surface area contributed by atoms with Crippen molar-refractivity contribution in [1.29, 1.82) is 0 Å². The zero-order valence-electron chi connectivity index (χ0n) is 19.3. The Morgan fingerprint density at radius 3 is 1.67 bits per heavy atom. The third kappa shape index (κ3) is 4.07. The summed E-state index contributed by atoms with van der Waals surface area (Å²) in [5, 5.41) is -0.0455. The normalized spacial score (nSPS) is 10.5. The topological polar surface area (TPSA) is 112 Å². The molecule has 1 aromatic heterocycles. The Kier molecular flexibility index (Phi) is 6.86. The van der Waals surface area contributed by atoms with Gasteiger partial charge in [-0.3, -0.25) is 9.59 Å². The number of esters is 1. The minimum Gasteiger partial charge on any atom is -0.493 e. The molecule has 0 amide bonds. The first-order chi connectivity index (χ1) is 15.8. The van der Waals surface area contributed by atoms with E-state index in [1.54, 1.807) is 12.1 Å². The molecule has 0 radical (unpaired) electrons. The average Bonchev–Trinajstić information content (AvgIpc) is 2.81. The van der Waals surface area contributed by atoms with Gasteiger partial charge in [0.15, 0.2) is 28.8 Å². The summed E-state index contributed by atoms with van der Waals surface area (Å²) in [4.78, 5) is 25.3. The van der Waals surface area contributed by atoms with Gasteiger partial charge in [0.25, 0.3) is 0 Å².